The number of hydrogen-bond donors (Lipinski definition) is 0. The van der Waals surface area contributed by atoms with Crippen LogP contribution in [0.15, 0.2) is 18.3 Å². The molecule has 8 heteroatoms. The third-order valence-electron chi connectivity index (χ3n) is 3.67. The van der Waals surface area contributed by atoms with Crippen molar-refractivity contribution in [2.24, 2.45) is 0 Å². The lowest BCUT2D eigenvalue weighted by Crippen LogP contribution is -2.19. The van der Waals surface area contributed by atoms with Gasteiger partial charge in [0, 0.05) is 12.6 Å². The average molecular weight is 309 g/mol. The summed E-state index contributed by atoms with van der Waals surface area (Å²) < 4.78 is 29.8. The van der Waals surface area contributed by atoms with E-state index in [1.807, 2.05) is 0 Å². The van der Waals surface area contributed by atoms with Gasteiger partial charge in [0.1, 0.15) is 0 Å². The third-order valence-corrected chi connectivity index (χ3v) is 5.94. The van der Waals surface area contributed by atoms with Gasteiger partial charge in [-0.1, -0.05) is 0 Å². The van der Waals surface area contributed by atoms with Gasteiger partial charge in [-0.05, 0) is 25.0 Å². The average Bonchev–Trinajstić information content (AvgIpc) is 3.00. The van der Waals surface area contributed by atoms with Crippen molar-refractivity contribution in [3.8, 4) is 0 Å². The van der Waals surface area contributed by atoms with Gasteiger partial charge in [0.25, 0.3) is 0 Å². The van der Waals surface area contributed by atoms with Gasteiger partial charge >= 0.3 is 5.97 Å². The lowest BCUT2D eigenvalue weighted by Gasteiger charge is -2.04. The summed E-state index contributed by atoms with van der Waals surface area (Å²) in [7, 11) is -1.70. The molecule has 1 aliphatic heterocycles. The first-order chi connectivity index (χ1) is 9.99. The second kappa shape index (κ2) is 5.10. The maximum atomic E-state index is 11.8. The van der Waals surface area contributed by atoms with E-state index in [9.17, 15) is 13.2 Å². The summed E-state index contributed by atoms with van der Waals surface area (Å²) in [6.45, 7) is 0. The number of nitrogens with zero attached hydrogens (tertiary/aromatic N) is 3. The number of carbonyl (C=O) groups excluding carboxylic acids is 1. The van der Waals surface area contributed by atoms with Crippen LogP contribution in [0.5, 0.6) is 0 Å². The van der Waals surface area contributed by atoms with Crippen LogP contribution >= 0.6 is 0 Å². The molecule has 3 heterocycles. The van der Waals surface area contributed by atoms with Crippen molar-refractivity contribution in [3.63, 3.8) is 0 Å². The number of esters is 1. The molecule has 0 saturated carbocycles. The summed E-state index contributed by atoms with van der Waals surface area (Å²) in [4.78, 5) is 15.8. The minimum absolute atomic E-state index is 0.248. The first-order valence-corrected chi connectivity index (χ1v) is 8.36. The number of methoxy groups -OCH3 is 1. The second-order valence-corrected chi connectivity index (χ2v) is 7.48. The van der Waals surface area contributed by atoms with Crippen molar-refractivity contribution < 1.29 is 17.9 Å². The van der Waals surface area contributed by atoms with Crippen LogP contribution in [0.2, 0.25) is 0 Å². The van der Waals surface area contributed by atoms with Crippen LogP contribution in [0, 0.1) is 0 Å². The standard InChI is InChI=1S/C13H15N3O4S/c1-20-13(17)9-4-5-12-14-11(15-16(12)8-9)7-10-3-2-6-21(10,18)19/h4-5,8,10H,2-3,6-7H2,1H3. The summed E-state index contributed by atoms with van der Waals surface area (Å²) in [5.74, 6) is 0.275. The summed E-state index contributed by atoms with van der Waals surface area (Å²) in [5, 5.41) is 3.86. The predicted molar refractivity (Wildman–Crippen MR) is 74.8 cm³/mol. The fourth-order valence-electron chi connectivity index (χ4n) is 2.55. The Morgan fingerprint density at radius 2 is 2.29 bits per heavy atom. The number of sulfone groups is 1. The Labute approximate surface area is 121 Å². The Bertz CT molecular complexity index is 797. The molecule has 0 amide bonds. The summed E-state index contributed by atoms with van der Waals surface area (Å²) in [6.07, 6.45) is 3.20. The monoisotopic (exact) mass is 309 g/mol. The third kappa shape index (κ3) is 2.63. The van der Waals surface area contributed by atoms with Gasteiger partial charge in [0.05, 0.1) is 23.7 Å². The summed E-state index contributed by atoms with van der Waals surface area (Å²) in [5.41, 5.74) is 0.947. The zero-order valence-corrected chi connectivity index (χ0v) is 12.3. The second-order valence-electron chi connectivity index (χ2n) is 5.08. The van der Waals surface area contributed by atoms with E-state index in [1.54, 1.807) is 12.1 Å². The zero-order valence-electron chi connectivity index (χ0n) is 11.5. The molecule has 3 rings (SSSR count). The van der Waals surface area contributed by atoms with Crippen LogP contribution in [0.1, 0.15) is 29.0 Å². The van der Waals surface area contributed by atoms with Crippen LogP contribution in [0.25, 0.3) is 5.65 Å². The molecule has 21 heavy (non-hydrogen) atoms. The molecule has 7 nitrogen and oxygen atoms in total. The molecule has 1 fully saturated rings. The van der Waals surface area contributed by atoms with E-state index >= 15 is 0 Å². The van der Waals surface area contributed by atoms with Crippen molar-refractivity contribution in [2.45, 2.75) is 24.5 Å². The largest absolute Gasteiger partial charge is 0.465 e. The molecule has 2 aromatic heterocycles. The normalized spacial score (nSPS) is 20.7. The molecule has 1 saturated heterocycles. The van der Waals surface area contributed by atoms with Gasteiger partial charge < -0.3 is 4.74 Å². The van der Waals surface area contributed by atoms with E-state index < -0.39 is 21.1 Å². The molecular formula is C13H15N3O4S. The molecular weight excluding hydrogens is 294 g/mol. The Balaban J connectivity index is 1.89. The highest BCUT2D eigenvalue weighted by molar-refractivity contribution is 7.92. The molecule has 112 valence electrons. The van der Waals surface area contributed by atoms with E-state index in [4.69, 9.17) is 0 Å². The Hall–Kier alpha value is -1.96. The molecule has 0 spiro atoms. The lowest BCUT2D eigenvalue weighted by molar-refractivity contribution is 0.0600. The van der Waals surface area contributed by atoms with Gasteiger partial charge in [-0.25, -0.2) is 22.7 Å². The van der Waals surface area contributed by atoms with Crippen LogP contribution in [0.3, 0.4) is 0 Å². The first kappa shape index (κ1) is 14.0. The maximum absolute atomic E-state index is 11.8. The quantitative estimate of drug-likeness (QED) is 0.773. The van der Waals surface area contributed by atoms with E-state index in [-0.39, 0.29) is 5.75 Å². The van der Waals surface area contributed by atoms with Gasteiger partial charge in [0.15, 0.2) is 21.3 Å². The van der Waals surface area contributed by atoms with Crippen molar-refractivity contribution in [2.75, 3.05) is 12.9 Å². The number of aromatic nitrogens is 3. The lowest BCUT2D eigenvalue weighted by atomic mass is 10.2. The number of fused-ring (bicyclic) bond motifs is 1. The van der Waals surface area contributed by atoms with Crippen molar-refractivity contribution in [1.29, 1.82) is 0 Å². The van der Waals surface area contributed by atoms with Crippen molar-refractivity contribution >= 4 is 21.5 Å². The Morgan fingerprint density at radius 3 is 2.95 bits per heavy atom. The number of pyridine rings is 1. The van der Waals surface area contributed by atoms with E-state index in [0.717, 1.165) is 0 Å². The SMILES string of the molecule is COC(=O)c1ccc2nc(CC3CCCS3(=O)=O)nn2c1. The minimum Gasteiger partial charge on any atom is -0.465 e. The fourth-order valence-corrected chi connectivity index (χ4v) is 4.38. The molecule has 0 bridgehead atoms. The van der Waals surface area contributed by atoms with Crippen LogP contribution in [0.4, 0.5) is 0 Å². The number of rotatable bonds is 3. The first-order valence-electron chi connectivity index (χ1n) is 6.65. The van der Waals surface area contributed by atoms with E-state index in [2.05, 4.69) is 14.8 Å². The van der Waals surface area contributed by atoms with E-state index in [1.165, 1.54) is 17.8 Å². The Morgan fingerprint density at radius 1 is 1.48 bits per heavy atom. The van der Waals surface area contributed by atoms with E-state index in [0.29, 0.717) is 36.3 Å². The molecule has 0 aliphatic carbocycles. The molecule has 0 radical (unpaired) electrons. The molecule has 1 unspecified atom stereocenters. The zero-order chi connectivity index (χ0) is 15.0. The molecule has 0 aromatic carbocycles. The van der Waals surface area contributed by atoms with Crippen molar-refractivity contribution in [3.05, 3.63) is 29.7 Å². The topological polar surface area (TPSA) is 90.6 Å². The summed E-state index contributed by atoms with van der Waals surface area (Å²) >= 11 is 0. The van der Waals surface area contributed by atoms with Crippen molar-refractivity contribution in [1.82, 2.24) is 14.6 Å². The summed E-state index contributed by atoms with van der Waals surface area (Å²) in [6, 6.07) is 3.26. The molecule has 1 atom stereocenters. The maximum Gasteiger partial charge on any atom is 0.339 e. The molecule has 0 N–H and O–H groups in total. The highest BCUT2D eigenvalue weighted by Crippen LogP contribution is 2.22. The fraction of sp³-hybridized carbons (Fsp3) is 0.462. The van der Waals surface area contributed by atoms with Gasteiger partial charge in [-0.15, -0.1) is 0 Å². The molecule has 2 aromatic rings. The smallest absolute Gasteiger partial charge is 0.339 e. The Kier molecular flexibility index (Phi) is 3.40. The number of ether oxygens (including phenoxy) is 1. The van der Waals surface area contributed by atoms with Crippen LogP contribution < -0.4 is 0 Å². The van der Waals surface area contributed by atoms with Gasteiger partial charge in [-0.2, -0.15) is 5.10 Å². The van der Waals surface area contributed by atoms with Crippen LogP contribution in [-0.4, -0.2) is 47.1 Å². The van der Waals surface area contributed by atoms with Gasteiger partial charge in [-0.3, -0.25) is 0 Å². The van der Waals surface area contributed by atoms with Crippen LogP contribution in [-0.2, 0) is 21.0 Å². The number of hydrogen-bond acceptors (Lipinski definition) is 6. The predicted octanol–water partition coefficient (Wildman–Crippen LogP) is 0.636. The minimum atomic E-state index is -3.01. The molecule has 1 aliphatic rings. The number of carbonyl (C=O) groups is 1. The highest BCUT2D eigenvalue weighted by atomic mass is 32.2. The highest BCUT2D eigenvalue weighted by Gasteiger charge is 2.32. The van der Waals surface area contributed by atoms with Gasteiger partial charge in [0.2, 0.25) is 0 Å².